The largest absolute Gasteiger partial charge is 0.308 e. The molecule has 110 valence electrons. The van der Waals surface area contributed by atoms with Crippen LogP contribution in [0.5, 0.6) is 0 Å². The number of hydrogen-bond donors (Lipinski definition) is 1. The highest BCUT2D eigenvalue weighted by Gasteiger charge is 2.64. The summed E-state index contributed by atoms with van der Waals surface area (Å²) in [6.07, 6.45) is 0. The van der Waals surface area contributed by atoms with Crippen molar-refractivity contribution < 1.29 is 0 Å². The van der Waals surface area contributed by atoms with Crippen LogP contribution in [0, 0.1) is 16.7 Å². The van der Waals surface area contributed by atoms with Gasteiger partial charge in [0.2, 0.25) is 0 Å². The van der Waals surface area contributed by atoms with Gasteiger partial charge in [-0.3, -0.25) is 4.90 Å². The predicted molar refractivity (Wildman–Crippen MR) is 84.7 cm³/mol. The minimum atomic E-state index is 0.495. The Morgan fingerprint density at radius 3 is 2.35 bits per heavy atom. The van der Waals surface area contributed by atoms with Gasteiger partial charge in [-0.1, -0.05) is 58.0 Å². The molecule has 1 unspecified atom stereocenters. The molecule has 1 saturated carbocycles. The van der Waals surface area contributed by atoms with Crippen LogP contribution >= 0.6 is 0 Å². The zero-order chi connectivity index (χ0) is 14.4. The average Bonchev–Trinajstić information content (AvgIpc) is 2.83. The van der Waals surface area contributed by atoms with Crippen molar-refractivity contribution in [2.24, 2.45) is 16.7 Å². The molecule has 0 amide bonds. The number of piperazine rings is 1. The van der Waals surface area contributed by atoms with Crippen molar-refractivity contribution in [1.82, 2.24) is 10.2 Å². The van der Waals surface area contributed by atoms with Crippen molar-refractivity contribution in [2.75, 3.05) is 26.2 Å². The third-order valence-corrected chi connectivity index (χ3v) is 6.22. The second-order valence-corrected chi connectivity index (χ2v) is 7.67. The fourth-order valence-electron chi connectivity index (χ4n) is 3.93. The van der Waals surface area contributed by atoms with E-state index in [1.807, 2.05) is 0 Å². The lowest BCUT2D eigenvalue weighted by atomic mass is 10.0. The van der Waals surface area contributed by atoms with Crippen LogP contribution in [0.15, 0.2) is 30.3 Å². The van der Waals surface area contributed by atoms with Gasteiger partial charge in [-0.05, 0) is 22.3 Å². The lowest BCUT2D eigenvalue weighted by molar-refractivity contribution is 0.183. The predicted octanol–water partition coefficient (Wildman–Crippen LogP) is 3.32. The molecule has 2 aliphatic rings. The highest BCUT2D eigenvalue weighted by Crippen LogP contribution is 2.68. The van der Waals surface area contributed by atoms with Crippen molar-refractivity contribution in [3.63, 3.8) is 0 Å². The third-order valence-electron chi connectivity index (χ3n) is 6.22. The van der Waals surface area contributed by atoms with Crippen LogP contribution in [-0.4, -0.2) is 31.1 Å². The van der Waals surface area contributed by atoms with Crippen molar-refractivity contribution in [2.45, 2.75) is 33.7 Å². The fourth-order valence-corrected chi connectivity index (χ4v) is 3.93. The van der Waals surface area contributed by atoms with Gasteiger partial charge in [0.25, 0.3) is 0 Å². The Bertz CT molecular complexity index is 450. The van der Waals surface area contributed by atoms with E-state index in [1.54, 1.807) is 0 Å². The summed E-state index contributed by atoms with van der Waals surface area (Å²) < 4.78 is 0. The van der Waals surface area contributed by atoms with Gasteiger partial charge in [0.05, 0.1) is 0 Å². The minimum Gasteiger partial charge on any atom is -0.308 e. The highest BCUT2D eigenvalue weighted by atomic mass is 15.2. The summed E-state index contributed by atoms with van der Waals surface area (Å²) in [6, 6.07) is 11.4. The van der Waals surface area contributed by atoms with Gasteiger partial charge in [-0.15, -0.1) is 0 Å². The van der Waals surface area contributed by atoms with Gasteiger partial charge < -0.3 is 5.32 Å². The molecular weight excluding hydrogens is 244 g/mol. The smallest absolute Gasteiger partial charge is 0.0449 e. The van der Waals surface area contributed by atoms with Crippen LogP contribution in [0.4, 0.5) is 0 Å². The van der Waals surface area contributed by atoms with Crippen LogP contribution in [0.25, 0.3) is 0 Å². The summed E-state index contributed by atoms with van der Waals surface area (Å²) in [5.41, 5.74) is 2.42. The molecule has 0 radical (unpaired) electrons. The van der Waals surface area contributed by atoms with Crippen molar-refractivity contribution >= 4 is 0 Å². The molecule has 0 aromatic heterocycles. The van der Waals surface area contributed by atoms with Crippen LogP contribution in [0.2, 0.25) is 0 Å². The molecule has 1 saturated heterocycles. The van der Waals surface area contributed by atoms with Crippen molar-refractivity contribution in [3.05, 3.63) is 35.9 Å². The molecule has 2 nitrogen and oxygen atoms in total. The zero-order valence-electron chi connectivity index (χ0n) is 13.3. The van der Waals surface area contributed by atoms with Gasteiger partial charge in [0, 0.05) is 32.2 Å². The molecule has 1 heterocycles. The first-order valence-electron chi connectivity index (χ1n) is 7.93. The van der Waals surface area contributed by atoms with E-state index in [9.17, 15) is 0 Å². The number of hydrogen-bond acceptors (Lipinski definition) is 2. The summed E-state index contributed by atoms with van der Waals surface area (Å²) in [5.74, 6) is 0.838. The van der Waals surface area contributed by atoms with Crippen LogP contribution < -0.4 is 5.32 Å². The Hall–Kier alpha value is -0.860. The molecule has 1 atom stereocenters. The van der Waals surface area contributed by atoms with Gasteiger partial charge >= 0.3 is 0 Å². The van der Waals surface area contributed by atoms with E-state index in [0.29, 0.717) is 16.9 Å². The Morgan fingerprint density at radius 1 is 1.10 bits per heavy atom. The molecule has 3 rings (SSSR count). The maximum atomic E-state index is 3.66. The summed E-state index contributed by atoms with van der Waals surface area (Å²) in [4.78, 5) is 2.66. The average molecular weight is 272 g/mol. The molecule has 1 aromatic rings. The Morgan fingerprint density at radius 2 is 1.75 bits per heavy atom. The van der Waals surface area contributed by atoms with Gasteiger partial charge in [0.15, 0.2) is 0 Å². The number of rotatable bonds is 3. The molecular formula is C18H28N2. The van der Waals surface area contributed by atoms with Gasteiger partial charge in [0.1, 0.15) is 0 Å². The monoisotopic (exact) mass is 272 g/mol. The number of nitrogens with one attached hydrogen (secondary N) is 1. The Labute approximate surface area is 123 Å². The summed E-state index contributed by atoms with van der Waals surface area (Å²) >= 11 is 0. The molecule has 2 fully saturated rings. The molecule has 2 heteroatoms. The lowest BCUT2D eigenvalue weighted by Gasteiger charge is -2.34. The van der Waals surface area contributed by atoms with Crippen molar-refractivity contribution in [3.8, 4) is 0 Å². The van der Waals surface area contributed by atoms with E-state index in [1.165, 1.54) is 18.7 Å². The van der Waals surface area contributed by atoms with E-state index >= 15 is 0 Å². The standard InChI is InChI=1S/C18H28N2/c1-17(2)16(18(17,3)4)13-20-11-10-19-15(12-20)14-8-6-5-7-9-14/h5-9,15-16,19H,10-13H2,1-4H3. The molecule has 0 bridgehead atoms. The highest BCUT2D eigenvalue weighted by molar-refractivity contribution is 5.20. The summed E-state index contributed by atoms with van der Waals surface area (Å²) in [7, 11) is 0. The second kappa shape index (κ2) is 4.85. The maximum absolute atomic E-state index is 3.66. The second-order valence-electron chi connectivity index (χ2n) is 7.67. The Kier molecular flexibility index (Phi) is 3.42. The molecule has 1 N–H and O–H groups in total. The first kappa shape index (κ1) is 14.1. The van der Waals surface area contributed by atoms with Crippen LogP contribution in [-0.2, 0) is 0 Å². The topological polar surface area (TPSA) is 15.3 Å². The molecule has 1 aliphatic heterocycles. The van der Waals surface area contributed by atoms with Gasteiger partial charge in [-0.2, -0.15) is 0 Å². The number of benzene rings is 1. The maximum Gasteiger partial charge on any atom is 0.0449 e. The minimum absolute atomic E-state index is 0.495. The van der Waals surface area contributed by atoms with E-state index in [4.69, 9.17) is 0 Å². The molecule has 1 aromatic carbocycles. The SMILES string of the molecule is CC1(C)C(CN2CCNC(c3ccccc3)C2)C1(C)C. The molecule has 20 heavy (non-hydrogen) atoms. The van der Waals surface area contributed by atoms with Crippen molar-refractivity contribution in [1.29, 1.82) is 0 Å². The van der Waals surface area contributed by atoms with E-state index in [0.717, 1.165) is 19.0 Å². The molecule has 1 aliphatic carbocycles. The first-order valence-corrected chi connectivity index (χ1v) is 7.93. The Balaban J connectivity index is 1.63. The van der Waals surface area contributed by atoms with Gasteiger partial charge in [-0.25, -0.2) is 0 Å². The normalized spacial score (nSPS) is 29.3. The van der Waals surface area contributed by atoms with Crippen LogP contribution in [0.1, 0.15) is 39.3 Å². The zero-order valence-corrected chi connectivity index (χ0v) is 13.3. The lowest BCUT2D eigenvalue weighted by Crippen LogP contribution is -2.46. The summed E-state index contributed by atoms with van der Waals surface area (Å²) in [5, 5.41) is 3.66. The van der Waals surface area contributed by atoms with E-state index < -0.39 is 0 Å². The number of nitrogens with zero attached hydrogens (tertiary/aromatic N) is 1. The summed E-state index contributed by atoms with van der Waals surface area (Å²) in [6.45, 7) is 14.4. The van der Waals surface area contributed by atoms with E-state index in [2.05, 4.69) is 68.2 Å². The van der Waals surface area contributed by atoms with Crippen LogP contribution in [0.3, 0.4) is 0 Å². The first-order chi connectivity index (χ1) is 9.43. The van der Waals surface area contributed by atoms with E-state index in [-0.39, 0.29) is 0 Å². The quantitative estimate of drug-likeness (QED) is 0.908. The molecule has 0 spiro atoms. The fraction of sp³-hybridized carbons (Fsp3) is 0.667. The third kappa shape index (κ3) is 2.29.